The van der Waals surface area contributed by atoms with Crippen LogP contribution in [0.2, 0.25) is 0 Å². The van der Waals surface area contributed by atoms with Gasteiger partial charge in [-0.1, -0.05) is 0 Å². The number of esters is 1. The monoisotopic (exact) mass is 186 g/mol. The van der Waals surface area contributed by atoms with E-state index in [-0.39, 0.29) is 0 Å². The van der Waals surface area contributed by atoms with Gasteiger partial charge in [-0.25, -0.2) is 4.79 Å². The molecule has 2 N–H and O–H groups in total. The summed E-state index contributed by atoms with van der Waals surface area (Å²) < 4.78 is 4.21. The standard InChI is InChI=1S/C7H10N2O4/c1-13-7(12)6(11)9-3-2-4(9)5(8)10/h4H,2-3H2,1H3,(H2,8,10). The Balaban J connectivity index is 2.59. The van der Waals surface area contributed by atoms with Crippen molar-refractivity contribution in [1.82, 2.24) is 4.90 Å². The van der Waals surface area contributed by atoms with Crippen LogP contribution in [0.25, 0.3) is 0 Å². The minimum absolute atomic E-state index is 0.377. The van der Waals surface area contributed by atoms with Gasteiger partial charge in [0.15, 0.2) is 0 Å². The first kappa shape index (κ1) is 9.50. The fourth-order valence-corrected chi connectivity index (χ4v) is 1.13. The van der Waals surface area contributed by atoms with E-state index in [0.717, 1.165) is 12.0 Å². The molecule has 1 aliphatic rings. The number of likely N-dealkylation sites (tertiary alicyclic amines) is 1. The molecule has 0 aliphatic carbocycles. The maximum Gasteiger partial charge on any atom is 0.396 e. The van der Waals surface area contributed by atoms with Gasteiger partial charge >= 0.3 is 11.9 Å². The van der Waals surface area contributed by atoms with Crippen molar-refractivity contribution < 1.29 is 19.1 Å². The van der Waals surface area contributed by atoms with E-state index >= 15 is 0 Å². The predicted molar refractivity (Wildman–Crippen MR) is 41.3 cm³/mol. The molecule has 1 unspecified atom stereocenters. The highest BCUT2D eigenvalue weighted by molar-refractivity contribution is 6.33. The van der Waals surface area contributed by atoms with Gasteiger partial charge in [0.1, 0.15) is 6.04 Å². The number of primary amides is 1. The maximum atomic E-state index is 11.1. The third kappa shape index (κ3) is 1.61. The molecule has 72 valence electrons. The third-order valence-corrected chi connectivity index (χ3v) is 1.97. The zero-order valence-electron chi connectivity index (χ0n) is 7.15. The van der Waals surface area contributed by atoms with E-state index in [9.17, 15) is 14.4 Å². The molecule has 1 saturated heterocycles. The van der Waals surface area contributed by atoms with Gasteiger partial charge in [0.2, 0.25) is 5.91 Å². The molecule has 6 heteroatoms. The van der Waals surface area contributed by atoms with E-state index < -0.39 is 23.8 Å². The van der Waals surface area contributed by atoms with E-state index in [1.807, 2.05) is 0 Å². The molecule has 13 heavy (non-hydrogen) atoms. The van der Waals surface area contributed by atoms with Crippen LogP contribution in [0.1, 0.15) is 6.42 Å². The largest absolute Gasteiger partial charge is 0.462 e. The van der Waals surface area contributed by atoms with Crippen LogP contribution in [-0.2, 0) is 19.1 Å². The van der Waals surface area contributed by atoms with E-state index in [1.54, 1.807) is 0 Å². The second kappa shape index (κ2) is 3.42. The first-order chi connectivity index (χ1) is 6.07. The highest BCUT2D eigenvalue weighted by atomic mass is 16.5. The summed E-state index contributed by atoms with van der Waals surface area (Å²) in [6, 6.07) is -0.647. The fourth-order valence-electron chi connectivity index (χ4n) is 1.13. The van der Waals surface area contributed by atoms with Crippen molar-refractivity contribution in [3.63, 3.8) is 0 Å². The molecule has 2 amide bonds. The normalized spacial score (nSPS) is 20.4. The van der Waals surface area contributed by atoms with Crippen LogP contribution >= 0.6 is 0 Å². The summed E-state index contributed by atoms with van der Waals surface area (Å²) in [5, 5.41) is 0. The number of carbonyl (C=O) groups is 3. The van der Waals surface area contributed by atoms with E-state index in [2.05, 4.69) is 4.74 Å². The number of hydrogen-bond acceptors (Lipinski definition) is 4. The second-order valence-corrected chi connectivity index (χ2v) is 2.70. The molecular weight excluding hydrogens is 176 g/mol. The lowest BCUT2D eigenvalue weighted by Gasteiger charge is -2.37. The Morgan fingerprint density at radius 2 is 2.08 bits per heavy atom. The molecule has 1 aliphatic heterocycles. The molecule has 0 saturated carbocycles. The van der Waals surface area contributed by atoms with Gasteiger partial charge in [0.25, 0.3) is 0 Å². The van der Waals surface area contributed by atoms with Crippen LogP contribution in [0.5, 0.6) is 0 Å². The Labute approximate surface area is 74.6 Å². The summed E-state index contributed by atoms with van der Waals surface area (Å²) >= 11 is 0. The van der Waals surface area contributed by atoms with Crippen molar-refractivity contribution in [3.8, 4) is 0 Å². The van der Waals surface area contributed by atoms with E-state index in [0.29, 0.717) is 13.0 Å². The summed E-state index contributed by atoms with van der Waals surface area (Å²) in [7, 11) is 1.11. The van der Waals surface area contributed by atoms with Crippen molar-refractivity contribution in [2.45, 2.75) is 12.5 Å². The van der Waals surface area contributed by atoms with Gasteiger partial charge in [-0.15, -0.1) is 0 Å². The lowest BCUT2D eigenvalue weighted by Crippen LogP contribution is -2.59. The molecular formula is C7H10N2O4. The van der Waals surface area contributed by atoms with Crippen molar-refractivity contribution >= 4 is 17.8 Å². The van der Waals surface area contributed by atoms with Crippen LogP contribution in [0.4, 0.5) is 0 Å². The highest BCUT2D eigenvalue weighted by Gasteiger charge is 2.39. The number of ether oxygens (including phenoxy) is 1. The number of rotatable bonds is 1. The van der Waals surface area contributed by atoms with Crippen molar-refractivity contribution in [2.75, 3.05) is 13.7 Å². The topological polar surface area (TPSA) is 89.7 Å². The Morgan fingerprint density at radius 3 is 2.38 bits per heavy atom. The lowest BCUT2D eigenvalue weighted by atomic mass is 10.0. The second-order valence-electron chi connectivity index (χ2n) is 2.70. The molecule has 6 nitrogen and oxygen atoms in total. The average Bonchev–Trinajstić information content (AvgIpc) is 1.99. The number of carbonyl (C=O) groups excluding carboxylic acids is 3. The molecule has 1 heterocycles. The Hall–Kier alpha value is -1.59. The van der Waals surface area contributed by atoms with Crippen LogP contribution < -0.4 is 5.73 Å². The number of amides is 2. The molecule has 0 aromatic carbocycles. The van der Waals surface area contributed by atoms with E-state index in [1.165, 1.54) is 0 Å². The Morgan fingerprint density at radius 1 is 1.46 bits per heavy atom. The molecule has 1 atom stereocenters. The lowest BCUT2D eigenvalue weighted by molar-refractivity contribution is -0.163. The van der Waals surface area contributed by atoms with E-state index in [4.69, 9.17) is 5.73 Å². The Kier molecular flexibility index (Phi) is 2.50. The van der Waals surface area contributed by atoms with Gasteiger partial charge in [-0.05, 0) is 6.42 Å². The van der Waals surface area contributed by atoms with Crippen LogP contribution in [0.3, 0.4) is 0 Å². The average molecular weight is 186 g/mol. The number of methoxy groups -OCH3 is 1. The first-order valence-electron chi connectivity index (χ1n) is 3.76. The Bertz CT molecular complexity index is 263. The number of nitrogens with zero attached hydrogens (tertiary/aromatic N) is 1. The molecule has 0 bridgehead atoms. The van der Waals surface area contributed by atoms with Gasteiger partial charge in [-0.2, -0.15) is 0 Å². The highest BCUT2D eigenvalue weighted by Crippen LogP contribution is 2.16. The minimum Gasteiger partial charge on any atom is -0.462 e. The van der Waals surface area contributed by atoms with Crippen molar-refractivity contribution in [2.24, 2.45) is 5.73 Å². The summed E-state index contributed by atoms with van der Waals surface area (Å²) in [6.45, 7) is 0.377. The SMILES string of the molecule is COC(=O)C(=O)N1CCC1C(N)=O. The fraction of sp³-hybridized carbons (Fsp3) is 0.571. The van der Waals surface area contributed by atoms with Gasteiger partial charge < -0.3 is 15.4 Å². The minimum atomic E-state index is -0.967. The summed E-state index contributed by atoms with van der Waals surface area (Å²) in [5.74, 6) is -2.37. The van der Waals surface area contributed by atoms with Crippen molar-refractivity contribution in [3.05, 3.63) is 0 Å². The van der Waals surface area contributed by atoms with Crippen LogP contribution in [0.15, 0.2) is 0 Å². The molecule has 1 fully saturated rings. The quantitative estimate of drug-likeness (QED) is 0.388. The third-order valence-electron chi connectivity index (χ3n) is 1.97. The summed E-state index contributed by atoms with van der Waals surface area (Å²) in [4.78, 5) is 33.7. The van der Waals surface area contributed by atoms with Crippen LogP contribution in [-0.4, -0.2) is 42.4 Å². The van der Waals surface area contributed by atoms with Crippen LogP contribution in [0, 0.1) is 0 Å². The number of hydrogen-bond donors (Lipinski definition) is 1. The molecule has 0 aromatic heterocycles. The van der Waals surface area contributed by atoms with Gasteiger partial charge in [-0.3, -0.25) is 9.59 Å². The first-order valence-corrected chi connectivity index (χ1v) is 3.76. The van der Waals surface area contributed by atoms with Crippen molar-refractivity contribution in [1.29, 1.82) is 0 Å². The smallest absolute Gasteiger partial charge is 0.396 e. The summed E-state index contributed by atoms with van der Waals surface area (Å²) in [5.41, 5.74) is 4.98. The zero-order valence-corrected chi connectivity index (χ0v) is 7.15. The van der Waals surface area contributed by atoms with Gasteiger partial charge in [0, 0.05) is 6.54 Å². The number of nitrogens with two attached hydrogens (primary N) is 1. The molecule has 0 aromatic rings. The molecule has 1 rings (SSSR count). The van der Waals surface area contributed by atoms with Gasteiger partial charge in [0.05, 0.1) is 7.11 Å². The predicted octanol–water partition coefficient (Wildman–Crippen LogP) is -1.75. The maximum absolute atomic E-state index is 11.1. The zero-order chi connectivity index (χ0) is 10.0. The summed E-state index contributed by atoms with van der Waals surface area (Å²) in [6.07, 6.45) is 0.512. The molecule has 0 radical (unpaired) electrons. The molecule has 0 spiro atoms.